The molecule has 1 saturated heterocycles. The molecule has 5 nitrogen and oxygen atoms in total. The maximum atomic E-state index is 12.8. The Morgan fingerprint density at radius 3 is 2.14 bits per heavy atom. The third-order valence-electron chi connectivity index (χ3n) is 7.03. The number of amides is 1. The van der Waals surface area contributed by atoms with E-state index < -0.39 is 11.9 Å². The highest BCUT2D eigenvalue weighted by atomic mass is 16.6. The van der Waals surface area contributed by atoms with Gasteiger partial charge in [-0.2, -0.15) is 0 Å². The minimum absolute atomic E-state index is 0.0200. The smallest absolute Gasteiger partial charge is 0.409 e. The lowest BCUT2D eigenvalue weighted by Crippen LogP contribution is -2.32. The molecule has 1 amide bonds. The van der Waals surface area contributed by atoms with Gasteiger partial charge in [-0.3, -0.25) is 4.79 Å². The van der Waals surface area contributed by atoms with E-state index in [9.17, 15) is 14.7 Å². The number of nitrogens with zero attached hydrogens (tertiary/aromatic N) is 1. The highest BCUT2D eigenvalue weighted by molar-refractivity contribution is 5.79. The van der Waals surface area contributed by atoms with Gasteiger partial charge in [0.25, 0.3) is 0 Å². The highest BCUT2D eigenvalue weighted by Gasteiger charge is 2.45. The number of carbonyl (C=O) groups excluding carboxylic acids is 1. The lowest BCUT2D eigenvalue weighted by molar-refractivity contribution is -0.143. The molecule has 2 aliphatic carbocycles. The van der Waals surface area contributed by atoms with E-state index in [2.05, 4.69) is 24.3 Å². The van der Waals surface area contributed by atoms with Crippen molar-refractivity contribution in [1.29, 1.82) is 0 Å². The second-order valence-electron chi connectivity index (χ2n) is 8.51. The average molecular weight is 391 g/mol. The fraction of sp³-hybridized carbons (Fsp3) is 0.417. The maximum Gasteiger partial charge on any atom is 0.409 e. The molecule has 0 aromatic heterocycles. The molecule has 0 bridgehead atoms. The first kappa shape index (κ1) is 18.2. The van der Waals surface area contributed by atoms with Crippen LogP contribution in [0.2, 0.25) is 0 Å². The molecule has 2 unspecified atom stereocenters. The van der Waals surface area contributed by atoms with Gasteiger partial charge in [0.05, 0.1) is 5.92 Å². The van der Waals surface area contributed by atoms with Crippen LogP contribution in [0.5, 0.6) is 0 Å². The predicted molar refractivity (Wildman–Crippen MR) is 109 cm³/mol. The van der Waals surface area contributed by atoms with Crippen molar-refractivity contribution >= 4 is 12.1 Å². The van der Waals surface area contributed by atoms with Gasteiger partial charge in [-0.25, -0.2) is 4.79 Å². The van der Waals surface area contributed by atoms with Crippen molar-refractivity contribution in [3.63, 3.8) is 0 Å². The lowest BCUT2D eigenvalue weighted by Gasteiger charge is -2.33. The van der Waals surface area contributed by atoms with Crippen molar-refractivity contribution in [2.24, 2.45) is 17.8 Å². The van der Waals surface area contributed by atoms with E-state index in [1.54, 1.807) is 4.90 Å². The monoisotopic (exact) mass is 391 g/mol. The van der Waals surface area contributed by atoms with Gasteiger partial charge in [-0.1, -0.05) is 67.8 Å². The number of carboxylic acid groups (broad SMARTS) is 1. The molecule has 3 aliphatic rings. The number of aliphatic carboxylic acids is 1. The molecule has 1 N–H and O–H groups in total. The number of carbonyl (C=O) groups is 2. The zero-order valence-corrected chi connectivity index (χ0v) is 16.3. The van der Waals surface area contributed by atoms with E-state index in [0.29, 0.717) is 12.5 Å². The number of benzene rings is 2. The molecule has 2 aromatic carbocycles. The molecular formula is C24H25NO4. The molecule has 5 heteroatoms. The van der Waals surface area contributed by atoms with Gasteiger partial charge < -0.3 is 14.7 Å². The lowest BCUT2D eigenvalue weighted by atomic mass is 9.72. The summed E-state index contributed by atoms with van der Waals surface area (Å²) >= 11 is 0. The highest BCUT2D eigenvalue weighted by Crippen LogP contribution is 2.45. The van der Waals surface area contributed by atoms with E-state index in [1.165, 1.54) is 28.7 Å². The number of ether oxygens (including phenoxy) is 1. The van der Waals surface area contributed by atoms with Crippen LogP contribution in [0.4, 0.5) is 4.79 Å². The van der Waals surface area contributed by atoms with Crippen LogP contribution in [0, 0.1) is 17.8 Å². The van der Waals surface area contributed by atoms with Crippen LogP contribution in [0.25, 0.3) is 11.1 Å². The second-order valence-corrected chi connectivity index (χ2v) is 8.51. The number of hydrogen-bond donors (Lipinski definition) is 1. The molecule has 0 spiro atoms. The van der Waals surface area contributed by atoms with E-state index in [0.717, 1.165) is 12.8 Å². The minimum atomic E-state index is -0.796. The van der Waals surface area contributed by atoms with Crippen LogP contribution >= 0.6 is 0 Å². The SMILES string of the molecule is O=C(O)C1CN(C(=O)OCC2c3ccccc3-c3ccccc32)CC1C1CCC1. The third-order valence-corrected chi connectivity index (χ3v) is 7.03. The first-order valence-corrected chi connectivity index (χ1v) is 10.5. The molecule has 29 heavy (non-hydrogen) atoms. The number of fused-ring (bicyclic) bond motifs is 3. The van der Waals surface area contributed by atoms with Crippen LogP contribution < -0.4 is 0 Å². The Morgan fingerprint density at radius 1 is 0.966 bits per heavy atom. The fourth-order valence-electron chi connectivity index (χ4n) is 5.27. The fourth-order valence-corrected chi connectivity index (χ4v) is 5.27. The van der Waals surface area contributed by atoms with Crippen molar-refractivity contribution in [1.82, 2.24) is 4.90 Å². The first-order chi connectivity index (χ1) is 14.1. The van der Waals surface area contributed by atoms with Gasteiger partial charge >= 0.3 is 12.1 Å². The van der Waals surface area contributed by atoms with Gasteiger partial charge in [-0.15, -0.1) is 0 Å². The van der Waals surface area contributed by atoms with Gasteiger partial charge in [0, 0.05) is 19.0 Å². The Morgan fingerprint density at radius 2 is 1.59 bits per heavy atom. The minimum Gasteiger partial charge on any atom is -0.481 e. The van der Waals surface area contributed by atoms with Crippen molar-refractivity contribution in [2.75, 3.05) is 19.7 Å². The quantitative estimate of drug-likeness (QED) is 0.841. The number of likely N-dealkylation sites (tertiary alicyclic amines) is 1. The Kier molecular flexibility index (Phi) is 4.53. The summed E-state index contributed by atoms with van der Waals surface area (Å²) in [5, 5.41) is 9.59. The molecule has 1 heterocycles. The van der Waals surface area contributed by atoms with Crippen LogP contribution in [-0.2, 0) is 9.53 Å². The molecule has 150 valence electrons. The molecular weight excluding hydrogens is 366 g/mol. The van der Waals surface area contributed by atoms with E-state index >= 15 is 0 Å². The summed E-state index contributed by atoms with van der Waals surface area (Å²) in [5.74, 6) is -0.757. The molecule has 0 radical (unpaired) electrons. The Hall–Kier alpha value is -2.82. The molecule has 1 aliphatic heterocycles. The van der Waals surface area contributed by atoms with Gasteiger partial charge in [0.15, 0.2) is 0 Å². The van der Waals surface area contributed by atoms with Crippen LogP contribution in [0.3, 0.4) is 0 Å². The van der Waals surface area contributed by atoms with Crippen LogP contribution in [0.1, 0.15) is 36.3 Å². The van der Waals surface area contributed by atoms with Crippen molar-refractivity contribution in [2.45, 2.75) is 25.2 Å². The Labute approximate surface area is 170 Å². The summed E-state index contributed by atoms with van der Waals surface area (Å²) in [5.41, 5.74) is 4.75. The molecule has 2 fully saturated rings. The van der Waals surface area contributed by atoms with Crippen molar-refractivity contribution < 1.29 is 19.4 Å². The second kappa shape index (κ2) is 7.21. The first-order valence-electron chi connectivity index (χ1n) is 10.5. The zero-order valence-electron chi connectivity index (χ0n) is 16.3. The third kappa shape index (κ3) is 3.09. The summed E-state index contributed by atoms with van der Waals surface area (Å²) < 4.78 is 5.73. The van der Waals surface area contributed by atoms with Gasteiger partial charge in [0.1, 0.15) is 6.61 Å². The summed E-state index contributed by atoms with van der Waals surface area (Å²) in [4.78, 5) is 26.1. The number of carboxylic acids is 1. The average Bonchev–Trinajstić information content (AvgIpc) is 3.25. The summed E-state index contributed by atoms with van der Waals surface area (Å²) in [6.45, 7) is 1.03. The van der Waals surface area contributed by atoms with Crippen molar-refractivity contribution in [3.8, 4) is 11.1 Å². The van der Waals surface area contributed by atoms with E-state index in [1.807, 2.05) is 24.3 Å². The Bertz CT molecular complexity index is 906. The standard InChI is InChI=1S/C24H25NO4/c26-23(27)21-13-25(12-20(21)15-6-5-7-15)24(28)29-14-22-18-10-3-1-8-16(18)17-9-2-4-11-19(17)22/h1-4,8-11,15,20-22H,5-7,12-14H2,(H,26,27). The van der Waals surface area contributed by atoms with Crippen molar-refractivity contribution in [3.05, 3.63) is 59.7 Å². The Balaban J connectivity index is 1.29. The molecule has 1 saturated carbocycles. The largest absolute Gasteiger partial charge is 0.481 e. The van der Waals surface area contributed by atoms with Gasteiger partial charge in [0.2, 0.25) is 0 Å². The summed E-state index contributed by atoms with van der Waals surface area (Å²) in [6, 6.07) is 16.5. The van der Waals surface area contributed by atoms with E-state index in [4.69, 9.17) is 4.74 Å². The number of rotatable bonds is 4. The normalized spacial score (nSPS) is 23.4. The summed E-state index contributed by atoms with van der Waals surface area (Å²) in [7, 11) is 0. The maximum absolute atomic E-state index is 12.8. The molecule has 2 aromatic rings. The van der Waals surface area contributed by atoms with E-state index in [-0.39, 0.29) is 31.1 Å². The van der Waals surface area contributed by atoms with Crippen LogP contribution in [-0.4, -0.2) is 41.8 Å². The zero-order chi connectivity index (χ0) is 20.0. The van der Waals surface area contributed by atoms with Gasteiger partial charge in [-0.05, 0) is 34.1 Å². The predicted octanol–water partition coefficient (Wildman–Crippen LogP) is 4.37. The molecule has 5 rings (SSSR count). The topological polar surface area (TPSA) is 66.8 Å². The number of hydrogen-bond acceptors (Lipinski definition) is 3. The summed E-state index contributed by atoms with van der Waals surface area (Å²) in [6.07, 6.45) is 2.93. The van der Waals surface area contributed by atoms with Crippen LogP contribution in [0.15, 0.2) is 48.5 Å². The molecule has 2 atom stereocenters.